The molecule has 0 spiro atoms. The molecule has 1 aliphatic heterocycles. The molecule has 10 heteroatoms. The van der Waals surface area contributed by atoms with Gasteiger partial charge in [0.1, 0.15) is 11.3 Å². The fraction of sp³-hybridized carbons (Fsp3) is 0.471. The molecule has 3 rings (SSSR count). The van der Waals surface area contributed by atoms with Gasteiger partial charge in [0.2, 0.25) is 5.78 Å². The van der Waals surface area contributed by atoms with Crippen LogP contribution in [0.5, 0.6) is 0 Å². The molecule has 0 aromatic carbocycles. The number of aliphatic hydroxyl groups is 1. The van der Waals surface area contributed by atoms with Gasteiger partial charge in [-0.1, -0.05) is 0 Å². The Morgan fingerprint density at radius 2 is 1.85 bits per heavy atom. The van der Waals surface area contributed by atoms with Gasteiger partial charge in [0.05, 0.1) is 32.2 Å². The van der Waals surface area contributed by atoms with Crippen LogP contribution in [0.15, 0.2) is 17.8 Å². The predicted molar refractivity (Wildman–Crippen MR) is 88.9 cm³/mol. The van der Waals surface area contributed by atoms with Gasteiger partial charge in [-0.2, -0.15) is 0 Å². The van der Waals surface area contributed by atoms with E-state index in [9.17, 15) is 19.5 Å². The molecule has 0 radical (unpaired) electrons. The van der Waals surface area contributed by atoms with E-state index in [2.05, 4.69) is 9.72 Å². The lowest BCUT2D eigenvalue weighted by atomic mass is 9.76. The molecule has 2 aliphatic rings. The number of likely N-dealkylation sites (tertiary alicyclic amines) is 1. The minimum Gasteiger partial charge on any atom is -0.464 e. The second-order valence-corrected chi connectivity index (χ2v) is 6.27. The van der Waals surface area contributed by atoms with Crippen molar-refractivity contribution in [3.05, 3.63) is 34.8 Å². The largest absolute Gasteiger partial charge is 0.464 e. The summed E-state index contributed by atoms with van der Waals surface area (Å²) >= 11 is 0. The number of aromatic amines is 1. The van der Waals surface area contributed by atoms with Crippen molar-refractivity contribution in [3.8, 4) is 0 Å². The number of carbonyl (C=O) groups excluding carboxylic acids is 3. The second kappa shape index (κ2) is 6.48. The van der Waals surface area contributed by atoms with Crippen LogP contribution in [0.1, 0.15) is 33.0 Å². The normalized spacial score (nSPS) is 23.2. The van der Waals surface area contributed by atoms with Gasteiger partial charge in [0.25, 0.3) is 0 Å². The standard InChI is InChI=1S/C17H20N2O8/c1-24-14(21)10-5-9-13(18-10)11(20)6-12-17(9,23)7-16(26-3,27-4)8-19(12)15(22)25-2/h5-6,18,23H,7-8H2,1-4H3. The van der Waals surface area contributed by atoms with E-state index in [0.717, 1.165) is 11.0 Å². The highest BCUT2D eigenvalue weighted by atomic mass is 16.7. The lowest BCUT2D eigenvalue weighted by Gasteiger charge is -2.50. The molecule has 27 heavy (non-hydrogen) atoms. The number of H-pyrrole nitrogens is 1. The van der Waals surface area contributed by atoms with Crippen molar-refractivity contribution >= 4 is 17.8 Å². The van der Waals surface area contributed by atoms with Gasteiger partial charge in [0, 0.05) is 32.3 Å². The number of carbonyl (C=O) groups is 3. The zero-order valence-electron chi connectivity index (χ0n) is 15.3. The smallest absolute Gasteiger partial charge is 0.414 e. The lowest BCUT2D eigenvalue weighted by Crippen LogP contribution is -2.60. The van der Waals surface area contributed by atoms with Crippen LogP contribution in [0.25, 0.3) is 0 Å². The van der Waals surface area contributed by atoms with E-state index in [1.54, 1.807) is 0 Å². The van der Waals surface area contributed by atoms with Gasteiger partial charge in [-0.25, -0.2) is 9.59 Å². The number of hydrogen-bond acceptors (Lipinski definition) is 8. The summed E-state index contributed by atoms with van der Waals surface area (Å²) in [7, 11) is 5.13. The number of rotatable bonds is 3. The van der Waals surface area contributed by atoms with Crippen LogP contribution in [0.2, 0.25) is 0 Å². The molecule has 1 unspecified atom stereocenters. The Labute approximate surface area is 154 Å². The molecule has 146 valence electrons. The Kier molecular flexibility index (Phi) is 4.58. The number of piperidine rings is 1. The number of hydrogen-bond donors (Lipinski definition) is 2. The first kappa shape index (κ1) is 19.1. The van der Waals surface area contributed by atoms with Crippen molar-refractivity contribution in [2.75, 3.05) is 35.0 Å². The van der Waals surface area contributed by atoms with Crippen molar-refractivity contribution in [3.63, 3.8) is 0 Å². The molecule has 10 nitrogen and oxygen atoms in total. The zero-order chi connectivity index (χ0) is 20.0. The van der Waals surface area contributed by atoms with Gasteiger partial charge >= 0.3 is 12.1 Å². The molecule has 0 saturated carbocycles. The van der Waals surface area contributed by atoms with E-state index in [-0.39, 0.29) is 35.6 Å². The highest BCUT2D eigenvalue weighted by molar-refractivity contribution is 6.08. The summed E-state index contributed by atoms with van der Waals surface area (Å²) < 4.78 is 20.3. The topological polar surface area (TPSA) is 127 Å². The van der Waals surface area contributed by atoms with Gasteiger partial charge < -0.3 is 29.0 Å². The third-order valence-corrected chi connectivity index (χ3v) is 4.96. The Hall–Kier alpha value is -2.69. The molecule has 2 heterocycles. The summed E-state index contributed by atoms with van der Waals surface area (Å²) in [6, 6.07) is 1.32. The quantitative estimate of drug-likeness (QED) is 0.574. The molecular formula is C17H20N2O8. The maximum Gasteiger partial charge on any atom is 0.414 e. The molecule has 0 bridgehead atoms. The molecule has 1 atom stereocenters. The molecule has 2 N–H and O–H groups in total. The third-order valence-electron chi connectivity index (χ3n) is 4.96. The second-order valence-electron chi connectivity index (χ2n) is 6.27. The number of ether oxygens (including phenoxy) is 4. The van der Waals surface area contributed by atoms with E-state index >= 15 is 0 Å². The lowest BCUT2D eigenvalue weighted by molar-refractivity contribution is -0.254. The minimum absolute atomic E-state index is 0.00505. The van der Waals surface area contributed by atoms with E-state index in [4.69, 9.17) is 14.2 Å². The first-order chi connectivity index (χ1) is 12.7. The van der Waals surface area contributed by atoms with Crippen molar-refractivity contribution in [1.29, 1.82) is 0 Å². The number of ketones is 1. The average molecular weight is 380 g/mol. The fourth-order valence-electron chi connectivity index (χ4n) is 3.54. The highest BCUT2D eigenvalue weighted by Crippen LogP contribution is 2.48. The van der Waals surface area contributed by atoms with Gasteiger partial charge in [0.15, 0.2) is 5.79 Å². The SMILES string of the molecule is COC(=O)c1cc2c([nH]1)C(=O)C=C1N(C(=O)OC)CC(OC)(OC)CC12O. The Balaban J connectivity index is 2.20. The number of aromatic nitrogens is 1. The monoisotopic (exact) mass is 380 g/mol. The van der Waals surface area contributed by atoms with Crippen molar-refractivity contribution in [1.82, 2.24) is 9.88 Å². The molecule has 1 aliphatic carbocycles. The molecule has 1 aromatic rings. The van der Waals surface area contributed by atoms with Gasteiger partial charge in [-0.3, -0.25) is 9.69 Å². The summed E-state index contributed by atoms with van der Waals surface area (Å²) in [5.74, 6) is -2.57. The summed E-state index contributed by atoms with van der Waals surface area (Å²) in [6.45, 7) is -0.0995. The summed E-state index contributed by atoms with van der Waals surface area (Å²) in [5.41, 5.74) is -1.68. The number of methoxy groups -OCH3 is 4. The highest BCUT2D eigenvalue weighted by Gasteiger charge is 2.57. The summed E-state index contributed by atoms with van der Waals surface area (Å²) in [6.07, 6.45) is 0.217. The van der Waals surface area contributed by atoms with Crippen molar-refractivity contribution < 1.29 is 38.4 Å². The molecule has 1 aromatic heterocycles. The first-order valence-electron chi connectivity index (χ1n) is 8.01. The predicted octanol–water partition coefficient (Wildman–Crippen LogP) is 0.530. The summed E-state index contributed by atoms with van der Waals surface area (Å²) in [5, 5.41) is 11.5. The van der Waals surface area contributed by atoms with E-state index < -0.39 is 29.2 Å². The van der Waals surface area contributed by atoms with Crippen molar-refractivity contribution in [2.45, 2.75) is 17.8 Å². The van der Waals surface area contributed by atoms with Crippen LogP contribution >= 0.6 is 0 Å². The number of amides is 1. The number of esters is 1. The maximum atomic E-state index is 12.6. The average Bonchev–Trinajstić information content (AvgIpc) is 3.14. The van der Waals surface area contributed by atoms with E-state index in [1.165, 1.54) is 34.5 Å². The Morgan fingerprint density at radius 3 is 2.41 bits per heavy atom. The number of fused-ring (bicyclic) bond motifs is 3. The van der Waals surface area contributed by atoms with Crippen molar-refractivity contribution in [2.24, 2.45) is 0 Å². The Morgan fingerprint density at radius 1 is 1.19 bits per heavy atom. The fourth-order valence-corrected chi connectivity index (χ4v) is 3.54. The van der Waals surface area contributed by atoms with E-state index in [1.807, 2.05) is 0 Å². The minimum atomic E-state index is -1.84. The van der Waals surface area contributed by atoms with E-state index in [0.29, 0.717) is 0 Å². The van der Waals surface area contributed by atoms with Gasteiger partial charge in [-0.05, 0) is 6.07 Å². The van der Waals surface area contributed by atoms with Crippen LogP contribution in [0.3, 0.4) is 0 Å². The van der Waals surface area contributed by atoms with Crippen LogP contribution in [0.4, 0.5) is 4.79 Å². The van der Waals surface area contributed by atoms with Crippen LogP contribution in [-0.4, -0.2) is 73.6 Å². The third kappa shape index (κ3) is 2.73. The van der Waals surface area contributed by atoms with Crippen LogP contribution in [0, 0.1) is 0 Å². The molecule has 1 amide bonds. The molecule has 1 saturated heterocycles. The first-order valence-corrected chi connectivity index (χ1v) is 8.01. The summed E-state index contributed by atoms with van der Waals surface area (Å²) in [4.78, 5) is 40.5. The molecule has 1 fully saturated rings. The number of nitrogens with zero attached hydrogens (tertiary/aromatic N) is 1. The van der Waals surface area contributed by atoms with Gasteiger partial charge in [-0.15, -0.1) is 0 Å². The number of nitrogens with one attached hydrogen (secondary N) is 1. The van der Waals surface area contributed by atoms with Crippen LogP contribution < -0.4 is 0 Å². The number of allylic oxidation sites excluding steroid dienone is 1. The maximum absolute atomic E-state index is 12.6. The van der Waals surface area contributed by atoms with Crippen LogP contribution in [-0.2, 0) is 24.5 Å². The molecular weight excluding hydrogens is 360 g/mol. The zero-order valence-corrected chi connectivity index (χ0v) is 15.3. The Bertz CT molecular complexity index is 838.